The molecule has 1 unspecified atom stereocenters. The Bertz CT molecular complexity index is 642. The Hall–Kier alpha value is -1.40. The standard InChI is InChI=1S/C18H24N4O.2ClH/c1-14-12-17(16-6-4-3-5-7-16)20-21-18(14)19-8-9-22-10-11-23-13-15(22)2;;/h3-7,12,15H,8-11,13H2,1-2H3,(H,19,21);2*1H. The van der Waals surface area contributed by atoms with Gasteiger partial charge in [-0.05, 0) is 25.5 Å². The monoisotopic (exact) mass is 384 g/mol. The molecule has 1 aromatic heterocycles. The fourth-order valence-electron chi connectivity index (χ4n) is 2.82. The minimum Gasteiger partial charge on any atom is -0.379 e. The Morgan fingerprint density at radius 2 is 1.96 bits per heavy atom. The summed E-state index contributed by atoms with van der Waals surface area (Å²) in [5.41, 5.74) is 3.13. The van der Waals surface area contributed by atoms with E-state index in [1.54, 1.807) is 0 Å². The average Bonchev–Trinajstić information content (AvgIpc) is 2.59. The number of aryl methyl sites for hydroxylation is 1. The van der Waals surface area contributed by atoms with E-state index in [4.69, 9.17) is 4.74 Å². The van der Waals surface area contributed by atoms with Crippen LogP contribution in [0, 0.1) is 6.92 Å². The van der Waals surface area contributed by atoms with Crippen molar-refractivity contribution >= 4 is 30.6 Å². The number of rotatable bonds is 5. The molecule has 2 heterocycles. The zero-order chi connectivity index (χ0) is 16.1. The molecule has 1 aliphatic heterocycles. The molecule has 0 amide bonds. The molecule has 3 rings (SSSR count). The topological polar surface area (TPSA) is 50.3 Å². The van der Waals surface area contributed by atoms with Crippen molar-refractivity contribution in [1.29, 1.82) is 0 Å². The first-order valence-corrected chi connectivity index (χ1v) is 8.19. The number of nitrogens with one attached hydrogen (secondary N) is 1. The van der Waals surface area contributed by atoms with Crippen LogP contribution in [0.1, 0.15) is 12.5 Å². The predicted molar refractivity (Wildman–Crippen MR) is 107 cm³/mol. The van der Waals surface area contributed by atoms with Gasteiger partial charge in [-0.1, -0.05) is 30.3 Å². The second-order valence-electron chi connectivity index (χ2n) is 6.01. The Kier molecular flexibility index (Phi) is 9.14. The van der Waals surface area contributed by atoms with Crippen molar-refractivity contribution in [3.05, 3.63) is 42.0 Å². The molecule has 0 saturated carbocycles. The lowest BCUT2D eigenvalue weighted by Gasteiger charge is -2.33. The van der Waals surface area contributed by atoms with Crippen molar-refractivity contribution < 1.29 is 4.74 Å². The highest BCUT2D eigenvalue weighted by Crippen LogP contribution is 2.19. The molecule has 0 aliphatic carbocycles. The summed E-state index contributed by atoms with van der Waals surface area (Å²) in [5.74, 6) is 0.866. The lowest BCUT2D eigenvalue weighted by molar-refractivity contribution is 0.00180. The number of ether oxygens (including phenoxy) is 1. The van der Waals surface area contributed by atoms with Crippen molar-refractivity contribution in [1.82, 2.24) is 15.1 Å². The third kappa shape index (κ3) is 5.82. The summed E-state index contributed by atoms with van der Waals surface area (Å²) in [6, 6.07) is 12.7. The first-order valence-electron chi connectivity index (χ1n) is 8.19. The van der Waals surface area contributed by atoms with Gasteiger partial charge in [0.2, 0.25) is 0 Å². The van der Waals surface area contributed by atoms with E-state index in [9.17, 15) is 0 Å². The molecule has 1 saturated heterocycles. The minimum absolute atomic E-state index is 0. The number of hydrogen-bond acceptors (Lipinski definition) is 5. The maximum atomic E-state index is 5.47. The smallest absolute Gasteiger partial charge is 0.151 e. The molecular weight excluding hydrogens is 359 g/mol. The first kappa shape index (κ1) is 21.6. The number of benzene rings is 1. The van der Waals surface area contributed by atoms with Crippen molar-refractivity contribution in [2.45, 2.75) is 19.9 Å². The third-order valence-corrected chi connectivity index (χ3v) is 4.25. The Balaban J connectivity index is 0.00000156. The highest BCUT2D eigenvalue weighted by atomic mass is 35.5. The van der Waals surface area contributed by atoms with Crippen LogP contribution in [0.2, 0.25) is 0 Å². The number of morpholine rings is 1. The van der Waals surface area contributed by atoms with Crippen molar-refractivity contribution in [3.63, 3.8) is 0 Å². The fourth-order valence-corrected chi connectivity index (χ4v) is 2.82. The normalized spacial score (nSPS) is 17.3. The number of anilines is 1. The van der Waals surface area contributed by atoms with Crippen LogP contribution in [0.5, 0.6) is 0 Å². The van der Waals surface area contributed by atoms with Gasteiger partial charge < -0.3 is 10.1 Å². The second-order valence-corrected chi connectivity index (χ2v) is 6.01. The fraction of sp³-hybridized carbons (Fsp3) is 0.444. The molecule has 1 aromatic carbocycles. The van der Waals surface area contributed by atoms with Crippen LogP contribution in [0.15, 0.2) is 36.4 Å². The van der Waals surface area contributed by atoms with E-state index < -0.39 is 0 Å². The molecular formula is C18H26Cl2N4O. The van der Waals surface area contributed by atoms with Gasteiger partial charge in [0.1, 0.15) is 0 Å². The summed E-state index contributed by atoms with van der Waals surface area (Å²) in [7, 11) is 0. The van der Waals surface area contributed by atoms with Gasteiger partial charge in [-0.25, -0.2) is 0 Å². The van der Waals surface area contributed by atoms with Gasteiger partial charge in [0.25, 0.3) is 0 Å². The molecule has 138 valence electrons. The number of hydrogen-bond donors (Lipinski definition) is 1. The van der Waals surface area contributed by atoms with Crippen LogP contribution in [0.25, 0.3) is 11.3 Å². The van der Waals surface area contributed by atoms with Crippen LogP contribution in [-0.4, -0.2) is 54.0 Å². The van der Waals surface area contributed by atoms with Crippen LogP contribution >= 0.6 is 24.8 Å². The van der Waals surface area contributed by atoms with E-state index in [0.717, 1.165) is 55.5 Å². The SMILES string of the molecule is Cc1cc(-c2ccccc2)nnc1NCCN1CCOCC1C.Cl.Cl. The molecule has 7 heteroatoms. The summed E-state index contributed by atoms with van der Waals surface area (Å²) in [5, 5.41) is 12.1. The Labute approximate surface area is 162 Å². The highest BCUT2D eigenvalue weighted by molar-refractivity contribution is 5.85. The molecule has 5 nitrogen and oxygen atoms in total. The lowest BCUT2D eigenvalue weighted by atomic mass is 10.1. The largest absolute Gasteiger partial charge is 0.379 e. The summed E-state index contributed by atoms with van der Waals surface area (Å²) < 4.78 is 5.47. The maximum absolute atomic E-state index is 5.47. The van der Waals surface area contributed by atoms with Gasteiger partial charge in [0, 0.05) is 31.2 Å². The molecule has 1 atom stereocenters. The van der Waals surface area contributed by atoms with Crippen LogP contribution < -0.4 is 5.32 Å². The molecule has 0 bridgehead atoms. The van der Waals surface area contributed by atoms with Crippen LogP contribution in [0.3, 0.4) is 0 Å². The number of aromatic nitrogens is 2. The quantitative estimate of drug-likeness (QED) is 0.855. The minimum atomic E-state index is 0. The van der Waals surface area contributed by atoms with Crippen molar-refractivity contribution in [2.24, 2.45) is 0 Å². The van der Waals surface area contributed by atoms with Gasteiger partial charge in [0.05, 0.1) is 18.9 Å². The van der Waals surface area contributed by atoms with E-state index in [-0.39, 0.29) is 24.8 Å². The summed E-state index contributed by atoms with van der Waals surface area (Å²) in [6.45, 7) is 8.79. The zero-order valence-corrected chi connectivity index (χ0v) is 16.3. The van der Waals surface area contributed by atoms with Gasteiger partial charge in [-0.3, -0.25) is 4.90 Å². The van der Waals surface area contributed by atoms with Crippen LogP contribution in [0.4, 0.5) is 5.82 Å². The molecule has 1 N–H and O–H groups in total. The summed E-state index contributed by atoms with van der Waals surface area (Å²) in [4.78, 5) is 2.44. The first-order chi connectivity index (χ1) is 11.2. The van der Waals surface area contributed by atoms with Gasteiger partial charge in [-0.2, -0.15) is 0 Å². The Morgan fingerprint density at radius 1 is 1.20 bits per heavy atom. The predicted octanol–water partition coefficient (Wildman–Crippen LogP) is 3.43. The maximum Gasteiger partial charge on any atom is 0.151 e. The molecule has 25 heavy (non-hydrogen) atoms. The highest BCUT2D eigenvalue weighted by Gasteiger charge is 2.17. The molecule has 2 aromatic rings. The van der Waals surface area contributed by atoms with Crippen molar-refractivity contribution in [2.75, 3.05) is 38.2 Å². The lowest BCUT2D eigenvalue weighted by Crippen LogP contribution is -2.45. The van der Waals surface area contributed by atoms with E-state index in [0.29, 0.717) is 6.04 Å². The van der Waals surface area contributed by atoms with E-state index in [1.165, 1.54) is 0 Å². The van der Waals surface area contributed by atoms with Crippen molar-refractivity contribution in [3.8, 4) is 11.3 Å². The van der Waals surface area contributed by atoms with E-state index in [2.05, 4.69) is 52.5 Å². The molecule has 1 fully saturated rings. The summed E-state index contributed by atoms with van der Waals surface area (Å²) >= 11 is 0. The zero-order valence-electron chi connectivity index (χ0n) is 14.6. The average molecular weight is 385 g/mol. The van der Waals surface area contributed by atoms with E-state index >= 15 is 0 Å². The van der Waals surface area contributed by atoms with Crippen LogP contribution in [-0.2, 0) is 4.74 Å². The third-order valence-electron chi connectivity index (χ3n) is 4.25. The van der Waals surface area contributed by atoms with Gasteiger partial charge in [0.15, 0.2) is 5.82 Å². The number of halogens is 2. The van der Waals surface area contributed by atoms with Gasteiger partial charge >= 0.3 is 0 Å². The molecule has 0 radical (unpaired) electrons. The Morgan fingerprint density at radius 3 is 2.64 bits per heavy atom. The van der Waals surface area contributed by atoms with Gasteiger partial charge in [-0.15, -0.1) is 35.0 Å². The summed E-state index contributed by atoms with van der Waals surface area (Å²) in [6.07, 6.45) is 0. The number of nitrogens with zero attached hydrogens (tertiary/aromatic N) is 3. The van der Waals surface area contributed by atoms with E-state index in [1.807, 2.05) is 18.2 Å². The molecule has 0 spiro atoms. The molecule has 1 aliphatic rings. The second kappa shape index (κ2) is 10.6.